The minimum Gasteiger partial charge on any atom is -0.346 e. The summed E-state index contributed by atoms with van der Waals surface area (Å²) >= 11 is 7.28. The predicted octanol–water partition coefficient (Wildman–Crippen LogP) is 1.73. The van der Waals surface area contributed by atoms with Gasteiger partial charge in [0.2, 0.25) is 0 Å². The van der Waals surface area contributed by atoms with Gasteiger partial charge in [-0.1, -0.05) is 6.07 Å². The minimum absolute atomic E-state index is 0.700. The van der Waals surface area contributed by atoms with Crippen molar-refractivity contribution in [3.63, 3.8) is 0 Å². The van der Waals surface area contributed by atoms with E-state index >= 15 is 0 Å². The van der Waals surface area contributed by atoms with Gasteiger partial charge in [-0.05, 0) is 31.3 Å². The summed E-state index contributed by atoms with van der Waals surface area (Å²) in [6.45, 7) is 3.91. The van der Waals surface area contributed by atoms with E-state index in [2.05, 4.69) is 20.4 Å². The number of pyridine rings is 1. The fraction of sp³-hybridized carbons (Fsp3) is 0.417. The predicted molar refractivity (Wildman–Crippen MR) is 81.1 cm³/mol. The van der Waals surface area contributed by atoms with Crippen LogP contribution in [0, 0.1) is 0 Å². The summed E-state index contributed by atoms with van der Waals surface area (Å²) in [5, 5.41) is 4.98. The molecule has 1 aliphatic heterocycles. The molecule has 18 heavy (non-hydrogen) atoms. The Morgan fingerprint density at radius 3 is 2.89 bits per heavy atom. The Bertz CT molecular complexity index is 427. The molecular weight excluding hydrogens is 264 g/mol. The van der Waals surface area contributed by atoms with E-state index in [4.69, 9.17) is 12.2 Å². The summed E-state index contributed by atoms with van der Waals surface area (Å²) in [5.41, 5.74) is 4.65. The standard InChI is InChI=1S/C12H16N4S2/c1-10(11-4-2-3-5-13-11)14-15-12(17)16-6-8-18-9-7-16/h2-5H,6-9H2,1H3,(H,15,17)/b14-10+. The molecule has 1 aliphatic rings. The van der Waals surface area contributed by atoms with Crippen LogP contribution in [-0.2, 0) is 0 Å². The maximum Gasteiger partial charge on any atom is 0.189 e. The van der Waals surface area contributed by atoms with Crippen LogP contribution in [-0.4, -0.2) is 45.3 Å². The molecule has 1 aromatic rings. The normalized spacial score (nSPS) is 16.5. The quantitative estimate of drug-likeness (QED) is 0.507. The van der Waals surface area contributed by atoms with Crippen LogP contribution in [0.5, 0.6) is 0 Å². The third-order valence-corrected chi connectivity index (χ3v) is 3.95. The lowest BCUT2D eigenvalue weighted by Gasteiger charge is -2.27. The maximum absolute atomic E-state index is 5.32. The summed E-state index contributed by atoms with van der Waals surface area (Å²) in [6.07, 6.45) is 1.76. The topological polar surface area (TPSA) is 40.5 Å². The zero-order chi connectivity index (χ0) is 12.8. The highest BCUT2D eigenvalue weighted by Gasteiger charge is 2.12. The first-order valence-corrected chi connectivity index (χ1v) is 7.42. The van der Waals surface area contributed by atoms with Gasteiger partial charge >= 0.3 is 0 Å². The summed E-state index contributed by atoms with van der Waals surface area (Å²) < 4.78 is 0. The molecule has 1 N–H and O–H groups in total. The molecule has 4 nitrogen and oxygen atoms in total. The van der Waals surface area contributed by atoms with Gasteiger partial charge in [0, 0.05) is 30.8 Å². The molecule has 0 radical (unpaired) electrons. The Morgan fingerprint density at radius 1 is 1.44 bits per heavy atom. The third kappa shape index (κ3) is 3.68. The van der Waals surface area contributed by atoms with Crippen molar-refractivity contribution in [3.05, 3.63) is 30.1 Å². The Hall–Kier alpha value is -1.14. The molecule has 0 spiro atoms. The van der Waals surface area contributed by atoms with E-state index in [0.717, 1.165) is 36.0 Å². The van der Waals surface area contributed by atoms with Crippen molar-refractivity contribution in [3.8, 4) is 0 Å². The number of thiocarbonyl (C=S) groups is 1. The third-order valence-electron chi connectivity index (χ3n) is 2.65. The average molecular weight is 280 g/mol. The van der Waals surface area contributed by atoms with Crippen LogP contribution in [0.4, 0.5) is 0 Å². The van der Waals surface area contributed by atoms with Crippen molar-refractivity contribution in [2.45, 2.75) is 6.92 Å². The molecule has 96 valence electrons. The molecule has 1 aromatic heterocycles. The SMILES string of the molecule is C/C(=N\NC(=S)N1CCSCC1)c1ccccn1. The van der Waals surface area contributed by atoms with Gasteiger partial charge in [0.05, 0.1) is 11.4 Å². The molecule has 1 fully saturated rings. The van der Waals surface area contributed by atoms with E-state index in [1.807, 2.05) is 36.9 Å². The first kappa shape index (κ1) is 13.3. The lowest BCUT2D eigenvalue weighted by atomic mass is 10.3. The van der Waals surface area contributed by atoms with Crippen LogP contribution in [0.2, 0.25) is 0 Å². The monoisotopic (exact) mass is 280 g/mol. The molecule has 0 unspecified atom stereocenters. The number of hydrogen-bond acceptors (Lipinski definition) is 4. The van der Waals surface area contributed by atoms with Gasteiger partial charge in [0.25, 0.3) is 0 Å². The van der Waals surface area contributed by atoms with Crippen LogP contribution in [0.25, 0.3) is 0 Å². The number of nitrogens with one attached hydrogen (secondary N) is 1. The number of thioether (sulfide) groups is 1. The second-order valence-corrected chi connectivity index (χ2v) is 5.54. The fourth-order valence-corrected chi connectivity index (χ4v) is 2.73. The van der Waals surface area contributed by atoms with Crippen LogP contribution in [0.15, 0.2) is 29.5 Å². The van der Waals surface area contributed by atoms with Crippen LogP contribution in [0.3, 0.4) is 0 Å². The lowest BCUT2D eigenvalue weighted by Crippen LogP contribution is -2.42. The molecule has 1 saturated heterocycles. The van der Waals surface area contributed by atoms with Gasteiger partial charge in [0.1, 0.15) is 0 Å². The molecule has 0 saturated carbocycles. The highest BCUT2D eigenvalue weighted by Crippen LogP contribution is 2.09. The molecule has 0 aromatic carbocycles. The molecule has 0 aliphatic carbocycles. The minimum atomic E-state index is 0.700. The first-order valence-electron chi connectivity index (χ1n) is 5.86. The van der Waals surface area contributed by atoms with E-state index in [1.165, 1.54) is 0 Å². The first-order chi connectivity index (χ1) is 8.77. The van der Waals surface area contributed by atoms with Gasteiger partial charge in [-0.2, -0.15) is 16.9 Å². The average Bonchev–Trinajstić information content (AvgIpc) is 2.46. The molecule has 0 bridgehead atoms. The van der Waals surface area contributed by atoms with Crippen LogP contribution < -0.4 is 5.43 Å². The Morgan fingerprint density at radius 2 is 2.22 bits per heavy atom. The lowest BCUT2D eigenvalue weighted by molar-refractivity contribution is 0.455. The van der Waals surface area contributed by atoms with E-state index < -0.39 is 0 Å². The summed E-state index contributed by atoms with van der Waals surface area (Å²) in [7, 11) is 0. The van der Waals surface area contributed by atoms with Gasteiger partial charge < -0.3 is 4.90 Å². The van der Waals surface area contributed by atoms with Gasteiger partial charge in [-0.15, -0.1) is 0 Å². The summed E-state index contributed by atoms with van der Waals surface area (Å²) in [6, 6.07) is 5.77. The highest BCUT2D eigenvalue weighted by molar-refractivity contribution is 7.99. The van der Waals surface area contributed by atoms with Crippen molar-refractivity contribution in [2.24, 2.45) is 5.10 Å². The molecule has 6 heteroatoms. The van der Waals surface area contributed by atoms with E-state index in [0.29, 0.717) is 5.11 Å². The van der Waals surface area contributed by atoms with Gasteiger partial charge in [-0.25, -0.2) is 0 Å². The van der Waals surface area contributed by atoms with Gasteiger partial charge in [0.15, 0.2) is 5.11 Å². The maximum atomic E-state index is 5.32. The van der Waals surface area contributed by atoms with Crippen molar-refractivity contribution in [1.29, 1.82) is 0 Å². The van der Waals surface area contributed by atoms with Crippen molar-refractivity contribution in [2.75, 3.05) is 24.6 Å². The number of rotatable bonds is 2. The Labute approximate surface area is 117 Å². The molecule has 0 amide bonds. The molecule has 2 rings (SSSR count). The fourth-order valence-electron chi connectivity index (χ4n) is 1.60. The summed E-state index contributed by atoms with van der Waals surface area (Å²) in [5.74, 6) is 2.26. The zero-order valence-electron chi connectivity index (χ0n) is 10.3. The number of hydrogen-bond donors (Lipinski definition) is 1. The van der Waals surface area contributed by atoms with Crippen molar-refractivity contribution < 1.29 is 0 Å². The van der Waals surface area contributed by atoms with Crippen LogP contribution in [0.1, 0.15) is 12.6 Å². The van der Waals surface area contributed by atoms with E-state index in [9.17, 15) is 0 Å². The second kappa shape index (κ2) is 6.70. The van der Waals surface area contributed by atoms with Crippen molar-refractivity contribution >= 4 is 34.8 Å². The highest BCUT2D eigenvalue weighted by atomic mass is 32.2. The smallest absolute Gasteiger partial charge is 0.189 e. The molecule has 0 atom stereocenters. The number of aromatic nitrogens is 1. The Kier molecular flexibility index (Phi) is 4.95. The second-order valence-electron chi connectivity index (χ2n) is 3.93. The van der Waals surface area contributed by atoms with E-state index in [-0.39, 0.29) is 0 Å². The number of hydrazone groups is 1. The zero-order valence-corrected chi connectivity index (χ0v) is 11.9. The Balaban J connectivity index is 1.91. The van der Waals surface area contributed by atoms with Crippen molar-refractivity contribution in [1.82, 2.24) is 15.3 Å². The number of nitrogens with zero attached hydrogens (tertiary/aromatic N) is 3. The van der Waals surface area contributed by atoms with E-state index in [1.54, 1.807) is 6.20 Å². The molecular formula is C12H16N4S2. The molecule has 2 heterocycles. The van der Waals surface area contributed by atoms with Crippen LogP contribution >= 0.6 is 24.0 Å². The van der Waals surface area contributed by atoms with Gasteiger partial charge in [-0.3, -0.25) is 10.4 Å². The largest absolute Gasteiger partial charge is 0.346 e. The summed E-state index contributed by atoms with van der Waals surface area (Å²) in [4.78, 5) is 6.39.